The molecule has 4 unspecified atom stereocenters. The van der Waals surface area contributed by atoms with Crippen LogP contribution in [0.15, 0.2) is 0 Å². The van der Waals surface area contributed by atoms with Crippen LogP contribution in [0, 0.1) is 0 Å². The third-order valence-corrected chi connectivity index (χ3v) is 3.32. The van der Waals surface area contributed by atoms with E-state index >= 15 is 0 Å². The van der Waals surface area contributed by atoms with Gasteiger partial charge >= 0.3 is 0 Å². The van der Waals surface area contributed by atoms with E-state index < -0.39 is 0 Å². The van der Waals surface area contributed by atoms with Gasteiger partial charge in [0.05, 0.1) is 50.8 Å². The first-order valence-electron chi connectivity index (χ1n) is 10.5. The minimum atomic E-state index is -0.385. The summed E-state index contributed by atoms with van der Waals surface area (Å²) < 4.78 is 30.1. The number of ether oxygens (including phenoxy) is 6. The Morgan fingerprint density at radius 1 is 0.667 bits per heavy atom. The van der Waals surface area contributed by atoms with Crippen LogP contribution in [0.4, 0.5) is 0 Å². The summed E-state index contributed by atoms with van der Waals surface area (Å²) in [5, 5.41) is 25.7. The largest absolute Gasteiger partial charge is 0.396 e. The molecule has 0 aliphatic rings. The van der Waals surface area contributed by atoms with Gasteiger partial charge in [-0.2, -0.15) is 0 Å². The first kappa shape index (κ1) is 34.3. The third kappa shape index (κ3) is 35.1. The molecule has 0 amide bonds. The Bertz CT molecular complexity index is 286. The summed E-state index contributed by atoms with van der Waals surface area (Å²) in [6.07, 6.45) is 1.36. The molecule has 0 radical (unpaired) electrons. The zero-order chi connectivity index (χ0) is 23.6. The topological polar surface area (TPSA) is 116 Å². The minimum Gasteiger partial charge on any atom is -0.396 e. The van der Waals surface area contributed by atoms with Crippen molar-refractivity contribution >= 4 is 0 Å². The summed E-state index contributed by atoms with van der Waals surface area (Å²) in [6, 6.07) is 0. The molecule has 0 aromatic rings. The Hall–Kier alpha value is -0.360. The van der Waals surface area contributed by atoms with Crippen LogP contribution in [-0.4, -0.2) is 114 Å². The van der Waals surface area contributed by atoms with E-state index in [0.29, 0.717) is 26.4 Å². The van der Waals surface area contributed by atoms with Crippen LogP contribution < -0.4 is 0 Å². The monoisotopic (exact) mass is 444 g/mol. The van der Waals surface area contributed by atoms with E-state index in [-0.39, 0.29) is 37.6 Å². The Labute approximate surface area is 183 Å². The number of hydrogen-bond acceptors (Lipinski definition) is 9. The SMILES string of the molecule is COC(C)COCC(C)O.COCC(C)OC(C)CO.COCCCOCCCO. The number of methoxy groups -OCH3 is 3. The predicted molar refractivity (Wildman–Crippen MR) is 117 cm³/mol. The van der Waals surface area contributed by atoms with Gasteiger partial charge in [-0.25, -0.2) is 0 Å². The highest BCUT2D eigenvalue weighted by Gasteiger charge is 2.05. The zero-order valence-electron chi connectivity index (χ0n) is 20.2. The molecular weight excluding hydrogens is 396 g/mol. The van der Waals surface area contributed by atoms with Crippen molar-refractivity contribution in [2.75, 3.05) is 74.2 Å². The highest BCUT2D eigenvalue weighted by Crippen LogP contribution is 1.96. The van der Waals surface area contributed by atoms with Gasteiger partial charge in [-0.3, -0.25) is 0 Å². The normalized spacial score (nSPS) is 14.6. The predicted octanol–water partition coefficient (Wildman–Crippen LogP) is 1.26. The van der Waals surface area contributed by atoms with Gasteiger partial charge in [0.2, 0.25) is 0 Å². The summed E-state index contributed by atoms with van der Waals surface area (Å²) in [4.78, 5) is 0. The lowest BCUT2D eigenvalue weighted by atomic mass is 10.4. The molecule has 9 heteroatoms. The second-order valence-corrected chi connectivity index (χ2v) is 6.86. The number of hydrogen-bond donors (Lipinski definition) is 3. The van der Waals surface area contributed by atoms with Crippen molar-refractivity contribution in [3.05, 3.63) is 0 Å². The Morgan fingerprint density at radius 3 is 1.77 bits per heavy atom. The molecule has 0 heterocycles. The van der Waals surface area contributed by atoms with E-state index in [9.17, 15) is 0 Å². The molecule has 4 atom stereocenters. The van der Waals surface area contributed by atoms with E-state index in [1.54, 1.807) is 28.3 Å². The standard InChI is InChI=1S/3C7H16O3/c1-6(8)4-10-5-7(2)9-3;1-6(4-8)10-7(2)5-9-3;1-9-5-3-7-10-6-2-4-8/h2*6-8H,4-5H2,1-3H3;8H,2-7H2,1H3. The van der Waals surface area contributed by atoms with E-state index in [1.807, 2.05) is 20.8 Å². The number of rotatable bonds is 17. The lowest BCUT2D eigenvalue weighted by Crippen LogP contribution is -2.23. The summed E-state index contributed by atoms with van der Waals surface area (Å²) in [5.41, 5.74) is 0. The summed E-state index contributed by atoms with van der Waals surface area (Å²) in [6.45, 7) is 11.3. The maximum Gasteiger partial charge on any atom is 0.0785 e. The molecular formula is C21H48O9. The van der Waals surface area contributed by atoms with Gasteiger partial charge < -0.3 is 43.7 Å². The van der Waals surface area contributed by atoms with E-state index in [0.717, 1.165) is 26.1 Å². The highest BCUT2D eigenvalue weighted by molar-refractivity contribution is 4.51. The fourth-order valence-electron chi connectivity index (χ4n) is 1.76. The zero-order valence-corrected chi connectivity index (χ0v) is 20.2. The third-order valence-electron chi connectivity index (χ3n) is 3.32. The highest BCUT2D eigenvalue weighted by atomic mass is 16.5. The maximum atomic E-state index is 8.77. The summed E-state index contributed by atoms with van der Waals surface area (Å²) in [7, 11) is 4.94. The van der Waals surface area contributed by atoms with Gasteiger partial charge in [-0.1, -0.05) is 0 Å². The average Bonchev–Trinajstić information content (AvgIpc) is 2.71. The maximum absolute atomic E-state index is 8.77. The van der Waals surface area contributed by atoms with Crippen molar-refractivity contribution in [3.63, 3.8) is 0 Å². The van der Waals surface area contributed by atoms with Crippen molar-refractivity contribution in [1.29, 1.82) is 0 Å². The smallest absolute Gasteiger partial charge is 0.0785 e. The quantitative estimate of drug-likeness (QED) is 0.285. The molecule has 0 fully saturated rings. The summed E-state index contributed by atoms with van der Waals surface area (Å²) in [5.74, 6) is 0. The van der Waals surface area contributed by atoms with Crippen molar-refractivity contribution in [1.82, 2.24) is 0 Å². The van der Waals surface area contributed by atoms with Crippen LogP contribution in [0.3, 0.4) is 0 Å². The molecule has 0 aromatic heterocycles. The van der Waals surface area contributed by atoms with Crippen molar-refractivity contribution < 1.29 is 43.7 Å². The Balaban J connectivity index is -0.000000364. The minimum absolute atomic E-state index is 0.0622. The fourth-order valence-corrected chi connectivity index (χ4v) is 1.76. The van der Waals surface area contributed by atoms with Gasteiger partial charge in [0.1, 0.15) is 0 Å². The number of aliphatic hydroxyl groups is 3. The molecule has 3 N–H and O–H groups in total. The lowest BCUT2D eigenvalue weighted by Gasteiger charge is -2.16. The molecule has 0 spiro atoms. The lowest BCUT2D eigenvalue weighted by molar-refractivity contribution is -0.0502. The number of aliphatic hydroxyl groups excluding tert-OH is 3. The molecule has 9 nitrogen and oxygen atoms in total. The van der Waals surface area contributed by atoms with Gasteiger partial charge in [-0.05, 0) is 40.5 Å². The first-order valence-corrected chi connectivity index (χ1v) is 10.5. The molecule has 0 rings (SSSR count). The molecule has 0 aromatic carbocycles. The van der Waals surface area contributed by atoms with E-state index in [2.05, 4.69) is 0 Å². The first-order chi connectivity index (χ1) is 14.3. The summed E-state index contributed by atoms with van der Waals surface area (Å²) >= 11 is 0. The molecule has 186 valence electrons. The van der Waals surface area contributed by atoms with Gasteiger partial charge in [0.25, 0.3) is 0 Å². The van der Waals surface area contributed by atoms with Crippen molar-refractivity contribution in [2.45, 2.75) is 65.0 Å². The molecule has 0 saturated heterocycles. The Kier molecular flexibility index (Phi) is 32.7. The average molecular weight is 445 g/mol. The van der Waals surface area contributed by atoms with Crippen LogP contribution >= 0.6 is 0 Å². The molecule has 0 bridgehead atoms. The molecule has 0 aliphatic carbocycles. The van der Waals surface area contributed by atoms with Crippen LogP contribution in [-0.2, 0) is 28.4 Å². The second kappa shape index (κ2) is 28.6. The van der Waals surface area contributed by atoms with Gasteiger partial charge in [0.15, 0.2) is 0 Å². The van der Waals surface area contributed by atoms with Crippen LogP contribution in [0.2, 0.25) is 0 Å². The second-order valence-electron chi connectivity index (χ2n) is 6.86. The van der Waals surface area contributed by atoms with E-state index in [1.165, 1.54) is 0 Å². The molecule has 0 saturated carbocycles. The van der Waals surface area contributed by atoms with Crippen LogP contribution in [0.5, 0.6) is 0 Å². The Morgan fingerprint density at radius 2 is 1.30 bits per heavy atom. The van der Waals surface area contributed by atoms with E-state index in [4.69, 9.17) is 43.7 Å². The van der Waals surface area contributed by atoms with Gasteiger partial charge in [0, 0.05) is 47.8 Å². The van der Waals surface area contributed by atoms with Crippen LogP contribution in [0.25, 0.3) is 0 Å². The van der Waals surface area contributed by atoms with Crippen molar-refractivity contribution in [3.8, 4) is 0 Å². The molecule has 0 aliphatic heterocycles. The van der Waals surface area contributed by atoms with Crippen molar-refractivity contribution in [2.24, 2.45) is 0 Å². The fraction of sp³-hybridized carbons (Fsp3) is 1.00. The van der Waals surface area contributed by atoms with Gasteiger partial charge in [-0.15, -0.1) is 0 Å². The van der Waals surface area contributed by atoms with Crippen LogP contribution in [0.1, 0.15) is 40.5 Å². The molecule has 30 heavy (non-hydrogen) atoms.